The van der Waals surface area contributed by atoms with Gasteiger partial charge in [-0.25, -0.2) is 0 Å². The third-order valence-electron chi connectivity index (χ3n) is 5.10. The number of likely N-dealkylation sites (tertiary alicyclic amines) is 1. The zero-order valence-corrected chi connectivity index (χ0v) is 14.2. The number of amides is 2. The van der Waals surface area contributed by atoms with E-state index in [4.69, 9.17) is 0 Å². The smallest absolute Gasteiger partial charge is 0.251 e. The van der Waals surface area contributed by atoms with Crippen molar-refractivity contribution < 1.29 is 9.59 Å². The van der Waals surface area contributed by atoms with Gasteiger partial charge >= 0.3 is 0 Å². The quantitative estimate of drug-likeness (QED) is 0.932. The highest BCUT2D eigenvalue weighted by molar-refractivity contribution is 5.94. The van der Waals surface area contributed by atoms with Crippen molar-refractivity contribution in [2.75, 3.05) is 13.1 Å². The minimum atomic E-state index is -0.0361. The SMILES string of the molecule is O=C(NC1CCN(C(=O)C2CC2)CC1)c1ccc(-n2cccc2)cc1. The second kappa shape index (κ2) is 6.75. The van der Waals surface area contributed by atoms with Crippen molar-refractivity contribution >= 4 is 11.8 Å². The molecule has 2 aliphatic rings. The van der Waals surface area contributed by atoms with E-state index >= 15 is 0 Å². The first-order chi connectivity index (χ1) is 12.2. The zero-order chi connectivity index (χ0) is 17.2. The van der Waals surface area contributed by atoms with Gasteiger partial charge in [0.15, 0.2) is 0 Å². The van der Waals surface area contributed by atoms with Crippen LogP contribution < -0.4 is 5.32 Å². The molecule has 1 N–H and O–H groups in total. The summed E-state index contributed by atoms with van der Waals surface area (Å²) in [6.45, 7) is 1.51. The molecule has 0 bridgehead atoms. The highest BCUT2D eigenvalue weighted by Crippen LogP contribution is 2.31. The fourth-order valence-electron chi connectivity index (χ4n) is 3.39. The standard InChI is InChI=1S/C20H23N3O2/c24-19(15-5-7-18(8-6-15)22-11-1-2-12-22)21-17-9-13-23(14-10-17)20(25)16-3-4-16/h1-2,5-8,11-12,16-17H,3-4,9-10,13-14H2,(H,21,24). The molecule has 2 heterocycles. The van der Waals surface area contributed by atoms with Crippen molar-refractivity contribution in [3.63, 3.8) is 0 Å². The molecule has 0 spiro atoms. The highest BCUT2D eigenvalue weighted by atomic mass is 16.2. The molecule has 1 aromatic carbocycles. The number of hydrogen-bond acceptors (Lipinski definition) is 2. The largest absolute Gasteiger partial charge is 0.349 e. The van der Waals surface area contributed by atoms with Crippen LogP contribution in [0.5, 0.6) is 0 Å². The average molecular weight is 337 g/mol. The van der Waals surface area contributed by atoms with Crippen molar-refractivity contribution in [2.24, 2.45) is 5.92 Å². The molecule has 1 aliphatic carbocycles. The lowest BCUT2D eigenvalue weighted by atomic mass is 10.0. The van der Waals surface area contributed by atoms with Crippen molar-refractivity contribution in [2.45, 2.75) is 31.7 Å². The predicted molar refractivity (Wildman–Crippen MR) is 95.6 cm³/mol. The molecule has 0 radical (unpaired) electrons. The molecule has 2 aromatic rings. The molecule has 1 saturated heterocycles. The summed E-state index contributed by atoms with van der Waals surface area (Å²) in [7, 11) is 0. The van der Waals surface area contributed by atoms with Crippen molar-refractivity contribution in [1.29, 1.82) is 0 Å². The number of nitrogens with zero attached hydrogens (tertiary/aromatic N) is 2. The number of aromatic nitrogens is 1. The molecule has 25 heavy (non-hydrogen) atoms. The second-order valence-electron chi connectivity index (χ2n) is 6.98. The molecular weight excluding hydrogens is 314 g/mol. The first-order valence-corrected chi connectivity index (χ1v) is 9.04. The summed E-state index contributed by atoms with van der Waals surface area (Å²) >= 11 is 0. The zero-order valence-electron chi connectivity index (χ0n) is 14.2. The van der Waals surface area contributed by atoms with Gasteiger partial charge in [0.1, 0.15) is 0 Å². The van der Waals surface area contributed by atoms with Crippen LogP contribution in [0, 0.1) is 5.92 Å². The maximum absolute atomic E-state index is 12.4. The Morgan fingerprint density at radius 3 is 2.16 bits per heavy atom. The predicted octanol–water partition coefficient (Wildman–Crippen LogP) is 2.61. The summed E-state index contributed by atoms with van der Waals surface area (Å²) in [5.74, 6) is 0.557. The highest BCUT2D eigenvalue weighted by Gasteiger charge is 2.35. The van der Waals surface area contributed by atoms with Gasteiger partial charge in [-0.2, -0.15) is 0 Å². The van der Waals surface area contributed by atoms with Crippen LogP contribution in [0.4, 0.5) is 0 Å². The van der Waals surface area contributed by atoms with Crippen LogP contribution in [0.15, 0.2) is 48.8 Å². The summed E-state index contributed by atoms with van der Waals surface area (Å²) in [5, 5.41) is 3.11. The van der Waals surface area contributed by atoms with E-state index in [1.807, 2.05) is 58.3 Å². The summed E-state index contributed by atoms with van der Waals surface area (Å²) in [6.07, 6.45) is 7.73. The molecule has 1 saturated carbocycles. The van der Waals surface area contributed by atoms with Gasteiger partial charge in [-0.3, -0.25) is 9.59 Å². The molecule has 1 aromatic heterocycles. The van der Waals surface area contributed by atoms with Crippen LogP contribution in [-0.2, 0) is 4.79 Å². The van der Waals surface area contributed by atoms with Gasteiger partial charge in [0.05, 0.1) is 0 Å². The third-order valence-corrected chi connectivity index (χ3v) is 5.10. The van der Waals surface area contributed by atoms with Crippen molar-refractivity contribution in [1.82, 2.24) is 14.8 Å². The lowest BCUT2D eigenvalue weighted by molar-refractivity contribution is -0.133. The molecule has 5 heteroatoms. The number of nitrogens with one attached hydrogen (secondary N) is 1. The minimum absolute atomic E-state index is 0.0361. The second-order valence-corrected chi connectivity index (χ2v) is 6.98. The molecular formula is C20H23N3O2. The molecule has 5 nitrogen and oxygen atoms in total. The van der Waals surface area contributed by atoms with Gasteiger partial charge in [0, 0.05) is 48.7 Å². The lowest BCUT2D eigenvalue weighted by Crippen LogP contribution is -2.47. The van der Waals surface area contributed by atoms with E-state index < -0.39 is 0 Å². The van der Waals surface area contributed by atoms with E-state index in [1.54, 1.807) is 0 Å². The Bertz CT molecular complexity index is 740. The van der Waals surface area contributed by atoms with E-state index in [9.17, 15) is 9.59 Å². The Balaban J connectivity index is 1.31. The molecule has 1 aliphatic heterocycles. The molecule has 2 fully saturated rings. The molecule has 0 unspecified atom stereocenters. The fraction of sp³-hybridized carbons (Fsp3) is 0.400. The van der Waals surface area contributed by atoms with Crippen LogP contribution in [0.3, 0.4) is 0 Å². The Labute approximate surface area is 147 Å². The first kappa shape index (κ1) is 15.9. The van der Waals surface area contributed by atoms with E-state index in [0.717, 1.165) is 44.5 Å². The Morgan fingerprint density at radius 1 is 0.920 bits per heavy atom. The number of rotatable bonds is 4. The number of hydrogen-bond donors (Lipinski definition) is 1. The van der Waals surface area contributed by atoms with Crippen molar-refractivity contribution in [3.05, 3.63) is 54.4 Å². The number of carbonyl (C=O) groups is 2. The Hall–Kier alpha value is -2.56. The number of benzene rings is 1. The van der Waals surface area contributed by atoms with Crippen LogP contribution in [-0.4, -0.2) is 40.4 Å². The fourth-order valence-corrected chi connectivity index (χ4v) is 3.39. The Kier molecular flexibility index (Phi) is 4.30. The summed E-state index contributed by atoms with van der Waals surface area (Å²) in [5.41, 5.74) is 1.71. The lowest BCUT2D eigenvalue weighted by Gasteiger charge is -2.32. The van der Waals surface area contributed by atoms with Crippen LogP contribution in [0.25, 0.3) is 5.69 Å². The minimum Gasteiger partial charge on any atom is -0.349 e. The Morgan fingerprint density at radius 2 is 1.56 bits per heavy atom. The van der Waals surface area contributed by atoms with Crippen LogP contribution in [0.2, 0.25) is 0 Å². The van der Waals surface area contributed by atoms with Gasteiger partial charge in [-0.05, 0) is 62.1 Å². The van der Waals surface area contributed by atoms with Gasteiger partial charge in [0.25, 0.3) is 5.91 Å². The van der Waals surface area contributed by atoms with Gasteiger partial charge in [-0.15, -0.1) is 0 Å². The van der Waals surface area contributed by atoms with Crippen LogP contribution in [0.1, 0.15) is 36.0 Å². The van der Waals surface area contributed by atoms with E-state index in [1.165, 1.54) is 0 Å². The number of piperidine rings is 1. The molecule has 0 atom stereocenters. The normalized spacial score (nSPS) is 18.2. The maximum Gasteiger partial charge on any atom is 0.251 e. The maximum atomic E-state index is 12.4. The van der Waals surface area contributed by atoms with E-state index in [0.29, 0.717) is 11.5 Å². The number of carbonyl (C=O) groups excluding carboxylic acids is 2. The van der Waals surface area contributed by atoms with E-state index in [-0.39, 0.29) is 17.9 Å². The average Bonchev–Trinajstić information content (AvgIpc) is 3.36. The first-order valence-electron chi connectivity index (χ1n) is 9.04. The third kappa shape index (κ3) is 3.60. The van der Waals surface area contributed by atoms with Gasteiger partial charge in [-0.1, -0.05) is 0 Å². The van der Waals surface area contributed by atoms with E-state index in [2.05, 4.69) is 5.32 Å². The molecule has 2 amide bonds. The summed E-state index contributed by atoms with van der Waals surface area (Å²) in [4.78, 5) is 26.5. The molecule has 4 rings (SSSR count). The van der Waals surface area contributed by atoms with Gasteiger partial charge in [0.2, 0.25) is 5.91 Å². The molecule has 130 valence electrons. The van der Waals surface area contributed by atoms with Crippen LogP contribution >= 0.6 is 0 Å². The van der Waals surface area contributed by atoms with Crippen molar-refractivity contribution in [3.8, 4) is 5.69 Å². The van der Waals surface area contributed by atoms with Gasteiger partial charge < -0.3 is 14.8 Å². The summed E-state index contributed by atoms with van der Waals surface area (Å²) < 4.78 is 2.01. The topological polar surface area (TPSA) is 54.3 Å². The monoisotopic (exact) mass is 337 g/mol. The summed E-state index contributed by atoms with van der Waals surface area (Å²) in [6, 6.07) is 11.7.